The lowest BCUT2D eigenvalue weighted by atomic mass is 10.3. The third-order valence-electron chi connectivity index (χ3n) is 2.25. The number of benzene rings is 1. The minimum Gasteiger partial charge on any atom is -0.493 e. The van der Waals surface area contributed by atoms with Crippen molar-refractivity contribution in [3.63, 3.8) is 0 Å². The fourth-order valence-electron chi connectivity index (χ4n) is 1.40. The quantitative estimate of drug-likeness (QED) is 0.644. The van der Waals surface area contributed by atoms with E-state index in [0.29, 0.717) is 18.1 Å². The maximum atomic E-state index is 5.76. The van der Waals surface area contributed by atoms with Crippen molar-refractivity contribution >= 4 is 44.7 Å². The third-order valence-corrected chi connectivity index (χ3v) is 2.76. The largest absolute Gasteiger partial charge is 0.493 e. The van der Waals surface area contributed by atoms with Gasteiger partial charge in [0, 0.05) is 11.0 Å². The Hall–Kier alpha value is -1.53. The molecule has 2 aromatic rings. The summed E-state index contributed by atoms with van der Waals surface area (Å²) in [5.74, 6) is 1.29. The molecule has 0 fully saturated rings. The Bertz CT molecular complexity index is 550. The summed E-state index contributed by atoms with van der Waals surface area (Å²) in [6, 6.07) is 7.48. The molecule has 0 unspecified atom stereocenters. The topological polar surface area (TPSA) is 73.1 Å². The molecule has 1 heterocycles. The van der Waals surface area contributed by atoms with E-state index in [0.717, 1.165) is 16.8 Å². The summed E-state index contributed by atoms with van der Waals surface area (Å²) in [4.78, 5) is 7.81. The molecule has 0 spiro atoms. The Balaban J connectivity index is 2.08. The highest BCUT2D eigenvalue weighted by Gasteiger charge is 2.04. The second kappa shape index (κ2) is 6.58. The van der Waals surface area contributed by atoms with E-state index in [9.17, 15) is 0 Å². The Morgan fingerprint density at radius 2 is 2.05 bits per heavy atom. The number of ether oxygens (including phenoxy) is 1. The van der Waals surface area contributed by atoms with Crippen molar-refractivity contribution in [1.29, 1.82) is 0 Å². The zero-order valence-corrected chi connectivity index (χ0v) is 12.3. The van der Waals surface area contributed by atoms with E-state index in [1.54, 1.807) is 0 Å². The van der Waals surface area contributed by atoms with Gasteiger partial charge in [-0.1, -0.05) is 15.9 Å². The summed E-state index contributed by atoms with van der Waals surface area (Å²) in [6.07, 6.45) is 1.46. The molecule has 7 heteroatoms. The predicted molar refractivity (Wildman–Crippen MR) is 80.5 cm³/mol. The second-order valence-electron chi connectivity index (χ2n) is 3.63. The molecule has 0 radical (unpaired) electrons. The van der Waals surface area contributed by atoms with Crippen LogP contribution in [0.1, 0.15) is 0 Å². The van der Waals surface area contributed by atoms with Crippen molar-refractivity contribution in [2.24, 2.45) is 0 Å². The van der Waals surface area contributed by atoms with Crippen molar-refractivity contribution in [1.82, 2.24) is 9.97 Å². The molecule has 3 N–H and O–H groups in total. The van der Waals surface area contributed by atoms with Gasteiger partial charge in [0.15, 0.2) is 5.82 Å². The van der Waals surface area contributed by atoms with Gasteiger partial charge in [-0.3, -0.25) is 0 Å². The van der Waals surface area contributed by atoms with E-state index in [1.165, 1.54) is 6.20 Å². The minimum atomic E-state index is 0.147. The van der Waals surface area contributed by atoms with Crippen molar-refractivity contribution < 1.29 is 4.74 Å². The number of hydrogen-bond donors (Lipinski definition) is 2. The van der Waals surface area contributed by atoms with E-state index in [-0.39, 0.29) is 5.28 Å². The fourth-order valence-corrected chi connectivity index (χ4v) is 1.69. The number of nitrogen functional groups attached to an aromatic ring is 1. The zero-order valence-electron chi connectivity index (χ0n) is 9.94. The van der Waals surface area contributed by atoms with Crippen LogP contribution in [0.25, 0.3) is 0 Å². The van der Waals surface area contributed by atoms with Crippen LogP contribution in [0.15, 0.2) is 30.5 Å². The van der Waals surface area contributed by atoms with Crippen LogP contribution in [0, 0.1) is 0 Å². The van der Waals surface area contributed by atoms with Crippen LogP contribution in [0.3, 0.4) is 0 Å². The van der Waals surface area contributed by atoms with E-state index < -0.39 is 0 Å². The molecule has 2 rings (SSSR count). The number of aromatic nitrogens is 2. The van der Waals surface area contributed by atoms with Gasteiger partial charge in [0.2, 0.25) is 5.28 Å². The van der Waals surface area contributed by atoms with E-state index in [4.69, 9.17) is 22.1 Å². The number of nitrogens with two attached hydrogens (primary N) is 1. The lowest BCUT2D eigenvalue weighted by molar-refractivity contribution is 0.345. The van der Waals surface area contributed by atoms with E-state index in [2.05, 4.69) is 31.2 Å². The van der Waals surface area contributed by atoms with Crippen LogP contribution in [0.4, 0.5) is 17.2 Å². The number of halogens is 2. The van der Waals surface area contributed by atoms with Gasteiger partial charge in [-0.15, -0.1) is 0 Å². The summed E-state index contributed by atoms with van der Waals surface area (Å²) in [5.41, 5.74) is 7.03. The second-order valence-corrected chi connectivity index (χ2v) is 4.76. The van der Waals surface area contributed by atoms with Gasteiger partial charge in [0.05, 0.1) is 18.5 Å². The molecule has 100 valence electrons. The number of hydrogen-bond acceptors (Lipinski definition) is 5. The summed E-state index contributed by atoms with van der Waals surface area (Å²) >= 11 is 9.03. The normalized spacial score (nSPS) is 10.2. The maximum Gasteiger partial charge on any atom is 0.224 e. The maximum absolute atomic E-state index is 5.76. The van der Waals surface area contributed by atoms with Gasteiger partial charge < -0.3 is 15.8 Å². The van der Waals surface area contributed by atoms with Crippen LogP contribution in [-0.4, -0.2) is 21.9 Å². The molecule has 0 aliphatic rings. The number of rotatable bonds is 5. The van der Waals surface area contributed by atoms with Crippen molar-refractivity contribution in [2.75, 3.05) is 23.0 Å². The molecule has 5 nitrogen and oxygen atoms in total. The Labute approximate surface area is 124 Å². The molecule has 19 heavy (non-hydrogen) atoms. The fraction of sp³-hybridized carbons (Fsp3) is 0.167. The van der Waals surface area contributed by atoms with Gasteiger partial charge in [0.25, 0.3) is 0 Å². The first-order valence-corrected chi connectivity index (χ1v) is 7.03. The van der Waals surface area contributed by atoms with Crippen LogP contribution < -0.4 is 15.8 Å². The standard InChI is InChI=1S/C12H12BrClN4O/c13-5-6-19-9-3-1-8(2-4-9)17-11-10(15)7-16-12(14)18-11/h1-4,7H,5-6,15H2,(H,16,17,18). The minimum absolute atomic E-state index is 0.147. The SMILES string of the molecule is Nc1cnc(Cl)nc1Nc1ccc(OCCBr)cc1. The predicted octanol–water partition coefficient (Wildman–Crippen LogP) is 3.23. The van der Waals surface area contributed by atoms with Gasteiger partial charge in [-0.05, 0) is 35.9 Å². The molecule has 0 saturated heterocycles. The first-order valence-electron chi connectivity index (χ1n) is 5.53. The van der Waals surface area contributed by atoms with Crippen LogP contribution in [0.2, 0.25) is 5.28 Å². The van der Waals surface area contributed by atoms with Crippen LogP contribution in [0.5, 0.6) is 5.75 Å². The lowest BCUT2D eigenvalue weighted by Crippen LogP contribution is -2.01. The molecule has 0 aliphatic heterocycles. The van der Waals surface area contributed by atoms with Gasteiger partial charge in [0.1, 0.15) is 5.75 Å². The highest BCUT2D eigenvalue weighted by atomic mass is 79.9. The number of nitrogens with one attached hydrogen (secondary N) is 1. The highest BCUT2D eigenvalue weighted by Crippen LogP contribution is 2.23. The molecular formula is C12H12BrClN4O. The van der Waals surface area contributed by atoms with Crippen LogP contribution >= 0.6 is 27.5 Å². The molecule has 0 bridgehead atoms. The van der Waals surface area contributed by atoms with E-state index >= 15 is 0 Å². The van der Waals surface area contributed by atoms with Gasteiger partial charge in [-0.25, -0.2) is 4.98 Å². The monoisotopic (exact) mass is 342 g/mol. The number of nitrogens with zero attached hydrogens (tertiary/aromatic N) is 2. The summed E-state index contributed by atoms with van der Waals surface area (Å²) in [5, 5.41) is 4.01. The van der Waals surface area contributed by atoms with Crippen molar-refractivity contribution in [3.05, 3.63) is 35.7 Å². The number of alkyl halides is 1. The molecule has 0 atom stereocenters. The van der Waals surface area contributed by atoms with Crippen molar-refractivity contribution in [3.8, 4) is 5.75 Å². The summed E-state index contributed by atoms with van der Waals surface area (Å²) < 4.78 is 5.46. The molecular weight excluding hydrogens is 332 g/mol. The number of anilines is 3. The highest BCUT2D eigenvalue weighted by molar-refractivity contribution is 9.09. The Morgan fingerprint density at radius 1 is 1.32 bits per heavy atom. The molecule has 0 saturated carbocycles. The van der Waals surface area contributed by atoms with Crippen LogP contribution in [-0.2, 0) is 0 Å². The third kappa shape index (κ3) is 3.97. The van der Waals surface area contributed by atoms with Gasteiger partial charge >= 0.3 is 0 Å². The zero-order chi connectivity index (χ0) is 13.7. The smallest absolute Gasteiger partial charge is 0.224 e. The molecule has 1 aromatic carbocycles. The first kappa shape index (κ1) is 13.9. The average molecular weight is 344 g/mol. The van der Waals surface area contributed by atoms with E-state index in [1.807, 2.05) is 24.3 Å². The molecule has 1 aromatic heterocycles. The Morgan fingerprint density at radius 3 is 2.74 bits per heavy atom. The lowest BCUT2D eigenvalue weighted by Gasteiger charge is -2.09. The van der Waals surface area contributed by atoms with Crippen molar-refractivity contribution in [2.45, 2.75) is 0 Å². The Kier molecular flexibility index (Phi) is 4.81. The summed E-state index contributed by atoms with van der Waals surface area (Å²) in [7, 11) is 0. The van der Waals surface area contributed by atoms with Gasteiger partial charge in [-0.2, -0.15) is 4.98 Å². The molecule has 0 amide bonds. The molecule has 0 aliphatic carbocycles. The average Bonchev–Trinajstić information content (AvgIpc) is 2.42. The first-order chi connectivity index (χ1) is 9.19. The summed E-state index contributed by atoms with van der Waals surface area (Å²) in [6.45, 7) is 0.626.